The molecule has 8 heteroatoms. The smallest absolute Gasteiger partial charge is 0.338 e. The van der Waals surface area contributed by atoms with Crippen LogP contribution in [0.15, 0.2) is 62.8 Å². The topological polar surface area (TPSA) is 60.7 Å². The summed E-state index contributed by atoms with van der Waals surface area (Å²) < 4.78 is 21.2. The van der Waals surface area contributed by atoms with Gasteiger partial charge in [0.05, 0.1) is 22.4 Å². The molecule has 0 aliphatic carbocycles. The molecule has 1 atom stereocenters. The monoisotopic (exact) mass is 428 g/mol. The Labute approximate surface area is 173 Å². The molecule has 0 bridgehead atoms. The fraction of sp³-hybridized carbons (Fsp3) is 0.190. The van der Waals surface area contributed by atoms with E-state index in [0.29, 0.717) is 26.2 Å². The van der Waals surface area contributed by atoms with Crippen molar-refractivity contribution >= 4 is 34.7 Å². The molecule has 0 N–H and O–H groups in total. The fourth-order valence-corrected chi connectivity index (χ4v) is 5.10. The summed E-state index contributed by atoms with van der Waals surface area (Å²) in [7, 11) is 0. The predicted molar refractivity (Wildman–Crippen MR) is 111 cm³/mol. The van der Waals surface area contributed by atoms with Crippen LogP contribution < -0.4 is 14.9 Å². The molecule has 1 aliphatic rings. The number of carbonyl (C=O) groups is 1. The van der Waals surface area contributed by atoms with Crippen molar-refractivity contribution in [3.8, 4) is 0 Å². The summed E-state index contributed by atoms with van der Waals surface area (Å²) >= 11 is 2.63. The second kappa shape index (κ2) is 7.88. The Hall–Kier alpha value is -2.84. The third-order valence-electron chi connectivity index (χ3n) is 4.52. The van der Waals surface area contributed by atoms with Crippen LogP contribution in [-0.4, -0.2) is 17.1 Å². The molecule has 0 amide bonds. The summed E-state index contributed by atoms with van der Waals surface area (Å²) in [6.07, 6.45) is 1.52. The number of esters is 1. The second-order valence-corrected chi connectivity index (χ2v) is 8.33. The Morgan fingerprint density at radius 2 is 2.10 bits per heavy atom. The molecule has 5 nitrogen and oxygen atoms in total. The van der Waals surface area contributed by atoms with Crippen LogP contribution in [0.3, 0.4) is 0 Å². The van der Waals surface area contributed by atoms with E-state index >= 15 is 0 Å². The molecular weight excluding hydrogens is 411 g/mol. The van der Waals surface area contributed by atoms with E-state index in [9.17, 15) is 14.0 Å². The van der Waals surface area contributed by atoms with Gasteiger partial charge in [0.1, 0.15) is 11.9 Å². The normalized spacial score (nSPS) is 16.5. The molecule has 3 aromatic rings. The third-order valence-corrected chi connectivity index (χ3v) is 6.43. The maximum Gasteiger partial charge on any atom is 0.338 e. The molecule has 0 unspecified atom stereocenters. The number of benzene rings is 1. The van der Waals surface area contributed by atoms with Crippen LogP contribution in [0, 0.1) is 5.82 Å². The zero-order valence-electron chi connectivity index (χ0n) is 15.7. The van der Waals surface area contributed by atoms with Crippen molar-refractivity contribution in [2.45, 2.75) is 19.9 Å². The highest BCUT2D eigenvalue weighted by Gasteiger charge is 2.33. The number of halogens is 1. The fourth-order valence-electron chi connectivity index (χ4n) is 3.24. The Balaban J connectivity index is 1.96. The molecule has 29 heavy (non-hydrogen) atoms. The van der Waals surface area contributed by atoms with Gasteiger partial charge in [-0.05, 0) is 37.4 Å². The van der Waals surface area contributed by atoms with Gasteiger partial charge in [-0.1, -0.05) is 35.6 Å². The Morgan fingerprint density at radius 3 is 2.79 bits per heavy atom. The Kier molecular flexibility index (Phi) is 5.29. The summed E-state index contributed by atoms with van der Waals surface area (Å²) in [6, 6.07) is 9.39. The lowest BCUT2D eigenvalue weighted by Gasteiger charge is -2.23. The molecule has 1 aromatic carbocycles. The third kappa shape index (κ3) is 3.49. The lowest BCUT2D eigenvalue weighted by atomic mass is 10.0. The van der Waals surface area contributed by atoms with E-state index in [2.05, 4.69) is 4.99 Å². The van der Waals surface area contributed by atoms with Gasteiger partial charge in [-0.2, -0.15) is 0 Å². The molecule has 148 valence electrons. The SMILES string of the molecule is CCOC(=O)C1=C(C)N=c2s/c(=C\c3ccccc3F)c(=O)n2[C@H]1c1cccs1. The summed E-state index contributed by atoms with van der Waals surface area (Å²) in [6.45, 7) is 3.70. The summed E-state index contributed by atoms with van der Waals surface area (Å²) in [5, 5.41) is 1.89. The molecule has 0 fully saturated rings. The zero-order chi connectivity index (χ0) is 20.5. The Bertz CT molecular complexity index is 1290. The lowest BCUT2D eigenvalue weighted by molar-refractivity contribution is -0.139. The van der Waals surface area contributed by atoms with E-state index in [1.165, 1.54) is 39.4 Å². The van der Waals surface area contributed by atoms with Crippen molar-refractivity contribution in [2.24, 2.45) is 4.99 Å². The number of hydrogen-bond acceptors (Lipinski definition) is 6. The average molecular weight is 429 g/mol. The summed E-state index contributed by atoms with van der Waals surface area (Å²) in [4.78, 5) is 31.7. The first kappa shape index (κ1) is 19.5. The van der Waals surface area contributed by atoms with Gasteiger partial charge in [-0.3, -0.25) is 9.36 Å². The molecule has 3 heterocycles. The van der Waals surface area contributed by atoms with E-state index < -0.39 is 17.8 Å². The van der Waals surface area contributed by atoms with Crippen molar-refractivity contribution < 1.29 is 13.9 Å². The molecule has 4 rings (SSSR count). The number of thiazole rings is 1. The number of nitrogens with zero attached hydrogens (tertiary/aromatic N) is 2. The van der Waals surface area contributed by atoms with Crippen LogP contribution in [0.25, 0.3) is 6.08 Å². The predicted octanol–water partition coefficient (Wildman–Crippen LogP) is 3.00. The molecular formula is C21H17FN2O3S2. The van der Waals surface area contributed by atoms with Crippen LogP contribution in [0.2, 0.25) is 0 Å². The molecule has 0 spiro atoms. The molecule has 2 aromatic heterocycles. The second-order valence-electron chi connectivity index (χ2n) is 6.34. The lowest BCUT2D eigenvalue weighted by Crippen LogP contribution is -2.39. The van der Waals surface area contributed by atoms with Gasteiger partial charge in [0.2, 0.25) is 0 Å². The van der Waals surface area contributed by atoms with Gasteiger partial charge < -0.3 is 4.74 Å². The number of fused-ring (bicyclic) bond motifs is 1. The number of ether oxygens (including phenoxy) is 1. The highest BCUT2D eigenvalue weighted by molar-refractivity contribution is 7.10. The minimum atomic E-state index is -0.618. The number of hydrogen-bond donors (Lipinski definition) is 0. The maximum atomic E-state index is 14.1. The first-order valence-corrected chi connectivity index (χ1v) is 10.7. The highest BCUT2D eigenvalue weighted by Crippen LogP contribution is 2.33. The van der Waals surface area contributed by atoms with E-state index in [-0.39, 0.29) is 12.2 Å². The van der Waals surface area contributed by atoms with Gasteiger partial charge in [-0.15, -0.1) is 11.3 Å². The summed E-state index contributed by atoms with van der Waals surface area (Å²) in [5.74, 6) is -0.896. The number of thiophene rings is 1. The van der Waals surface area contributed by atoms with Gasteiger partial charge in [-0.25, -0.2) is 14.2 Å². The molecule has 1 aliphatic heterocycles. The standard InChI is InChI=1S/C21H17FN2O3S2/c1-3-27-20(26)17-12(2)23-21-24(18(17)15-9-6-10-28-15)19(25)16(29-21)11-13-7-4-5-8-14(13)22/h4-11,18H,3H2,1-2H3/b16-11-/t18-/m0/s1. The average Bonchev–Trinajstić information content (AvgIpc) is 3.32. The van der Waals surface area contributed by atoms with Gasteiger partial charge in [0, 0.05) is 10.4 Å². The molecule has 0 saturated heterocycles. The quantitative estimate of drug-likeness (QED) is 0.601. The van der Waals surface area contributed by atoms with E-state index in [0.717, 1.165) is 4.88 Å². The van der Waals surface area contributed by atoms with Crippen molar-refractivity contribution in [2.75, 3.05) is 6.61 Å². The van der Waals surface area contributed by atoms with Crippen LogP contribution in [0.4, 0.5) is 4.39 Å². The van der Waals surface area contributed by atoms with Crippen molar-refractivity contribution in [1.29, 1.82) is 0 Å². The first-order chi connectivity index (χ1) is 14.0. The number of allylic oxidation sites excluding steroid dienone is 1. The van der Waals surface area contributed by atoms with Crippen LogP contribution >= 0.6 is 22.7 Å². The molecule has 0 saturated carbocycles. The van der Waals surface area contributed by atoms with Gasteiger partial charge in [0.15, 0.2) is 4.80 Å². The number of carbonyl (C=O) groups excluding carboxylic acids is 1. The summed E-state index contributed by atoms with van der Waals surface area (Å²) in [5.41, 5.74) is 0.871. The number of rotatable bonds is 4. The Morgan fingerprint density at radius 1 is 1.31 bits per heavy atom. The van der Waals surface area contributed by atoms with Crippen molar-refractivity contribution in [1.82, 2.24) is 4.57 Å². The number of aromatic nitrogens is 1. The van der Waals surface area contributed by atoms with E-state index in [4.69, 9.17) is 4.74 Å². The van der Waals surface area contributed by atoms with E-state index in [1.54, 1.807) is 32.0 Å². The van der Waals surface area contributed by atoms with Gasteiger partial charge >= 0.3 is 5.97 Å². The molecule has 0 radical (unpaired) electrons. The van der Waals surface area contributed by atoms with Gasteiger partial charge in [0.25, 0.3) is 5.56 Å². The minimum Gasteiger partial charge on any atom is -0.463 e. The van der Waals surface area contributed by atoms with Crippen LogP contribution in [-0.2, 0) is 9.53 Å². The van der Waals surface area contributed by atoms with Crippen LogP contribution in [0.1, 0.15) is 30.3 Å². The first-order valence-electron chi connectivity index (χ1n) is 8.99. The zero-order valence-corrected chi connectivity index (χ0v) is 17.3. The highest BCUT2D eigenvalue weighted by atomic mass is 32.1. The minimum absolute atomic E-state index is 0.227. The van der Waals surface area contributed by atoms with Crippen molar-refractivity contribution in [3.05, 3.63) is 89.0 Å². The van der Waals surface area contributed by atoms with E-state index in [1.807, 2.05) is 17.5 Å². The largest absolute Gasteiger partial charge is 0.463 e. The maximum absolute atomic E-state index is 14.1. The van der Waals surface area contributed by atoms with Crippen molar-refractivity contribution in [3.63, 3.8) is 0 Å². The van der Waals surface area contributed by atoms with Crippen LogP contribution in [0.5, 0.6) is 0 Å².